The Hall–Kier alpha value is -2.24. The average molecular weight is 290 g/mol. The first-order valence-corrected chi connectivity index (χ1v) is 6.70. The van der Waals surface area contributed by atoms with Gasteiger partial charge >= 0.3 is 0 Å². The lowest BCUT2D eigenvalue weighted by molar-refractivity contribution is -0.109. The summed E-state index contributed by atoms with van der Waals surface area (Å²) in [4.78, 5) is 8.48. The van der Waals surface area contributed by atoms with E-state index in [4.69, 9.17) is 5.73 Å². The van der Waals surface area contributed by atoms with E-state index >= 15 is 0 Å². The molecule has 0 saturated heterocycles. The molecule has 0 aromatic carbocycles. The molecule has 2 heterocycles. The van der Waals surface area contributed by atoms with Crippen molar-refractivity contribution in [2.75, 3.05) is 11.1 Å². The first-order chi connectivity index (χ1) is 9.87. The summed E-state index contributed by atoms with van der Waals surface area (Å²) >= 11 is 0. The third kappa shape index (κ3) is 2.79. The van der Waals surface area contributed by atoms with Gasteiger partial charge in [0.1, 0.15) is 5.82 Å². The third-order valence-corrected chi connectivity index (χ3v) is 3.60. The Morgan fingerprint density at radius 1 is 1.24 bits per heavy atom. The molecule has 0 bridgehead atoms. The van der Waals surface area contributed by atoms with Crippen LogP contribution in [0.2, 0.25) is 0 Å². The van der Waals surface area contributed by atoms with Crippen molar-refractivity contribution in [3.63, 3.8) is 0 Å². The lowest BCUT2D eigenvalue weighted by atomic mass is 9.75. The van der Waals surface area contributed by atoms with E-state index in [0.29, 0.717) is 17.2 Å². The SMILES string of the molecule is CC1(Nc2nc(-c3cccnc3)ccc2N)CC(F)(F)C1. The highest BCUT2D eigenvalue weighted by Gasteiger charge is 2.54. The number of nitrogens with two attached hydrogens (primary N) is 1. The first-order valence-electron chi connectivity index (χ1n) is 6.70. The second kappa shape index (κ2) is 4.65. The van der Waals surface area contributed by atoms with Crippen LogP contribution in [-0.4, -0.2) is 21.4 Å². The Morgan fingerprint density at radius 3 is 2.62 bits per heavy atom. The number of hydrogen-bond donors (Lipinski definition) is 2. The molecule has 1 aliphatic rings. The lowest BCUT2D eigenvalue weighted by Crippen LogP contribution is -2.54. The van der Waals surface area contributed by atoms with Crippen molar-refractivity contribution in [2.24, 2.45) is 0 Å². The fourth-order valence-corrected chi connectivity index (χ4v) is 2.71. The lowest BCUT2D eigenvalue weighted by Gasteiger charge is -2.45. The van der Waals surface area contributed by atoms with E-state index in [1.165, 1.54) is 0 Å². The van der Waals surface area contributed by atoms with Crippen LogP contribution in [0.15, 0.2) is 36.7 Å². The van der Waals surface area contributed by atoms with Gasteiger partial charge in [0.2, 0.25) is 0 Å². The van der Waals surface area contributed by atoms with E-state index in [9.17, 15) is 8.78 Å². The molecule has 2 aromatic rings. The van der Waals surface area contributed by atoms with Crippen LogP contribution in [0.1, 0.15) is 19.8 Å². The summed E-state index contributed by atoms with van der Waals surface area (Å²) in [5.41, 5.74) is 7.22. The summed E-state index contributed by atoms with van der Waals surface area (Å²) in [6, 6.07) is 7.20. The fraction of sp³-hybridized carbons (Fsp3) is 0.333. The Bertz CT molecular complexity index is 650. The molecular weight excluding hydrogens is 274 g/mol. The summed E-state index contributed by atoms with van der Waals surface area (Å²) in [5.74, 6) is -2.16. The highest BCUT2D eigenvalue weighted by Crippen LogP contribution is 2.47. The maximum absolute atomic E-state index is 13.1. The van der Waals surface area contributed by atoms with Gasteiger partial charge in [0, 0.05) is 36.3 Å². The zero-order valence-corrected chi connectivity index (χ0v) is 11.6. The molecule has 0 aliphatic heterocycles. The monoisotopic (exact) mass is 290 g/mol. The second-order valence-electron chi connectivity index (χ2n) is 5.77. The van der Waals surface area contributed by atoms with Crippen molar-refractivity contribution in [3.05, 3.63) is 36.7 Å². The topological polar surface area (TPSA) is 63.8 Å². The van der Waals surface area contributed by atoms with Crippen LogP contribution >= 0.6 is 0 Å². The van der Waals surface area contributed by atoms with Crippen molar-refractivity contribution < 1.29 is 8.78 Å². The van der Waals surface area contributed by atoms with Crippen molar-refractivity contribution in [3.8, 4) is 11.3 Å². The molecule has 2 aromatic heterocycles. The van der Waals surface area contributed by atoms with Crippen LogP contribution in [0, 0.1) is 0 Å². The number of halogens is 2. The second-order valence-corrected chi connectivity index (χ2v) is 5.77. The van der Waals surface area contributed by atoms with Crippen LogP contribution in [0.3, 0.4) is 0 Å². The van der Waals surface area contributed by atoms with Gasteiger partial charge in [-0.1, -0.05) is 0 Å². The molecular formula is C15H16F2N4. The van der Waals surface area contributed by atoms with Gasteiger partial charge in [0.15, 0.2) is 0 Å². The molecule has 0 unspecified atom stereocenters. The number of nitrogen functional groups attached to an aromatic ring is 1. The van der Waals surface area contributed by atoms with Crippen molar-refractivity contribution in [1.82, 2.24) is 9.97 Å². The number of anilines is 2. The molecule has 0 radical (unpaired) electrons. The Morgan fingerprint density at radius 2 is 2.00 bits per heavy atom. The number of aromatic nitrogens is 2. The molecule has 4 nitrogen and oxygen atoms in total. The first kappa shape index (κ1) is 13.7. The Balaban J connectivity index is 1.86. The van der Waals surface area contributed by atoms with Gasteiger partial charge in [0.05, 0.1) is 11.4 Å². The maximum Gasteiger partial charge on any atom is 0.252 e. The predicted octanol–water partition coefficient (Wildman–Crippen LogP) is 3.33. The van der Waals surface area contributed by atoms with Gasteiger partial charge in [-0.25, -0.2) is 13.8 Å². The molecule has 0 atom stereocenters. The number of hydrogen-bond acceptors (Lipinski definition) is 4. The molecule has 1 fully saturated rings. The average Bonchev–Trinajstić information content (AvgIpc) is 2.40. The highest BCUT2D eigenvalue weighted by atomic mass is 19.3. The van der Waals surface area contributed by atoms with E-state index in [2.05, 4.69) is 15.3 Å². The highest BCUT2D eigenvalue weighted by molar-refractivity contribution is 5.69. The van der Waals surface area contributed by atoms with E-state index in [0.717, 1.165) is 5.56 Å². The molecule has 0 spiro atoms. The van der Waals surface area contributed by atoms with Crippen LogP contribution in [0.25, 0.3) is 11.3 Å². The molecule has 21 heavy (non-hydrogen) atoms. The number of alkyl halides is 2. The van der Waals surface area contributed by atoms with Gasteiger partial charge in [-0.05, 0) is 31.2 Å². The number of rotatable bonds is 3. The number of pyridine rings is 2. The van der Waals surface area contributed by atoms with E-state index in [1.807, 2.05) is 12.1 Å². The van der Waals surface area contributed by atoms with Crippen molar-refractivity contribution in [1.29, 1.82) is 0 Å². The predicted molar refractivity (Wildman–Crippen MR) is 78.1 cm³/mol. The third-order valence-electron chi connectivity index (χ3n) is 3.60. The molecule has 1 aliphatic carbocycles. The molecule has 3 N–H and O–H groups in total. The van der Waals surface area contributed by atoms with Gasteiger partial charge < -0.3 is 11.1 Å². The van der Waals surface area contributed by atoms with E-state index in [1.54, 1.807) is 31.5 Å². The standard InChI is InChI=1S/C15H16F2N4/c1-14(8-15(16,17)9-14)21-13-11(18)4-5-12(20-13)10-3-2-6-19-7-10/h2-7H,8-9,18H2,1H3,(H,20,21). The van der Waals surface area contributed by atoms with Crippen LogP contribution in [-0.2, 0) is 0 Å². The van der Waals surface area contributed by atoms with Crippen LogP contribution in [0.4, 0.5) is 20.3 Å². The maximum atomic E-state index is 13.1. The van der Waals surface area contributed by atoms with Crippen molar-refractivity contribution in [2.45, 2.75) is 31.2 Å². The summed E-state index contributed by atoms with van der Waals surface area (Å²) in [6.07, 6.45) is 2.95. The minimum absolute atomic E-state index is 0.210. The van der Waals surface area contributed by atoms with Crippen LogP contribution < -0.4 is 11.1 Å². The fourth-order valence-electron chi connectivity index (χ4n) is 2.71. The van der Waals surface area contributed by atoms with E-state index in [-0.39, 0.29) is 12.8 Å². The van der Waals surface area contributed by atoms with Crippen LogP contribution in [0.5, 0.6) is 0 Å². The summed E-state index contributed by atoms with van der Waals surface area (Å²) in [6.45, 7) is 1.75. The summed E-state index contributed by atoms with van der Waals surface area (Å²) in [5, 5.41) is 3.05. The van der Waals surface area contributed by atoms with Crippen molar-refractivity contribution >= 4 is 11.5 Å². The molecule has 1 saturated carbocycles. The summed E-state index contributed by atoms with van der Waals surface area (Å²) < 4.78 is 26.2. The molecule has 0 amide bonds. The largest absolute Gasteiger partial charge is 0.396 e. The Labute approximate surface area is 121 Å². The minimum atomic E-state index is -2.60. The zero-order chi connectivity index (χ0) is 15.1. The molecule has 110 valence electrons. The van der Waals surface area contributed by atoms with Gasteiger partial charge in [-0.2, -0.15) is 0 Å². The minimum Gasteiger partial charge on any atom is -0.396 e. The van der Waals surface area contributed by atoms with E-state index < -0.39 is 11.5 Å². The molecule has 3 rings (SSSR count). The van der Waals surface area contributed by atoms with Gasteiger partial charge in [-0.3, -0.25) is 4.98 Å². The number of nitrogens with zero attached hydrogens (tertiary/aromatic N) is 2. The summed E-state index contributed by atoms with van der Waals surface area (Å²) in [7, 11) is 0. The molecule has 6 heteroatoms. The smallest absolute Gasteiger partial charge is 0.252 e. The van der Waals surface area contributed by atoms with Gasteiger partial charge in [0.25, 0.3) is 5.92 Å². The van der Waals surface area contributed by atoms with Gasteiger partial charge in [-0.15, -0.1) is 0 Å². The quantitative estimate of drug-likeness (QED) is 0.910. The Kier molecular flexibility index (Phi) is 3.04. The number of nitrogens with one attached hydrogen (secondary N) is 1. The zero-order valence-electron chi connectivity index (χ0n) is 11.6. The normalized spacial score (nSPS) is 18.8.